The standard InChI is InChI=1S/C14H22N2/c1-11-5-4-6-14(12(11)2)15-13-7-9-16(3)10-8-13/h4-6,13,15H,7-10H2,1-3H3. The molecule has 1 aromatic rings. The predicted molar refractivity (Wildman–Crippen MR) is 70.1 cm³/mol. The first-order valence-corrected chi connectivity index (χ1v) is 6.18. The molecule has 1 aromatic carbocycles. The molecule has 1 N–H and O–H groups in total. The fraction of sp³-hybridized carbons (Fsp3) is 0.571. The van der Waals surface area contributed by atoms with E-state index in [0.29, 0.717) is 6.04 Å². The molecule has 0 amide bonds. The molecule has 0 atom stereocenters. The quantitative estimate of drug-likeness (QED) is 0.821. The first-order valence-electron chi connectivity index (χ1n) is 6.18. The van der Waals surface area contributed by atoms with Gasteiger partial charge in [-0.2, -0.15) is 0 Å². The number of hydrogen-bond donors (Lipinski definition) is 1. The smallest absolute Gasteiger partial charge is 0.0374 e. The van der Waals surface area contributed by atoms with Crippen LogP contribution >= 0.6 is 0 Å². The molecule has 16 heavy (non-hydrogen) atoms. The SMILES string of the molecule is Cc1cccc(NC2CCN(C)CC2)c1C. The van der Waals surface area contributed by atoms with E-state index in [9.17, 15) is 0 Å². The second-order valence-electron chi connectivity index (χ2n) is 4.97. The lowest BCUT2D eigenvalue weighted by atomic mass is 10.0. The molecular formula is C14H22N2. The summed E-state index contributed by atoms with van der Waals surface area (Å²) in [7, 11) is 2.20. The van der Waals surface area contributed by atoms with Gasteiger partial charge in [0.2, 0.25) is 0 Å². The lowest BCUT2D eigenvalue weighted by Crippen LogP contribution is -2.36. The highest BCUT2D eigenvalue weighted by molar-refractivity contribution is 5.54. The normalized spacial score (nSPS) is 18.7. The Bertz CT molecular complexity index is 352. The average Bonchev–Trinajstić information content (AvgIpc) is 2.28. The van der Waals surface area contributed by atoms with Crippen LogP contribution in [0.1, 0.15) is 24.0 Å². The molecule has 2 rings (SSSR count). The van der Waals surface area contributed by atoms with E-state index < -0.39 is 0 Å². The molecule has 1 aliphatic heterocycles. The van der Waals surface area contributed by atoms with Gasteiger partial charge < -0.3 is 10.2 Å². The highest BCUT2D eigenvalue weighted by Crippen LogP contribution is 2.21. The number of rotatable bonds is 2. The summed E-state index contributed by atoms with van der Waals surface area (Å²) in [6.07, 6.45) is 2.51. The first-order chi connectivity index (χ1) is 7.66. The van der Waals surface area contributed by atoms with Crippen LogP contribution in [0.3, 0.4) is 0 Å². The van der Waals surface area contributed by atoms with E-state index >= 15 is 0 Å². The molecule has 88 valence electrons. The van der Waals surface area contributed by atoms with Gasteiger partial charge in [0.1, 0.15) is 0 Å². The fourth-order valence-corrected chi connectivity index (χ4v) is 2.28. The molecule has 0 aromatic heterocycles. The third-order valence-electron chi connectivity index (χ3n) is 3.68. The van der Waals surface area contributed by atoms with Crippen molar-refractivity contribution in [3.63, 3.8) is 0 Å². The van der Waals surface area contributed by atoms with Crippen LogP contribution in [0, 0.1) is 13.8 Å². The topological polar surface area (TPSA) is 15.3 Å². The minimum Gasteiger partial charge on any atom is -0.382 e. The van der Waals surface area contributed by atoms with Crippen LogP contribution in [0.25, 0.3) is 0 Å². The van der Waals surface area contributed by atoms with Crippen molar-refractivity contribution < 1.29 is 0 Å². The first kappa shape index (κ1) is 11.5. The van der Waals surface area contributed by atoms with Crippen LogP contribution in [-0.4, -0.2) is 31.1 Å². The second-order valence-corrected chi connectivity index (χ2v) is 4.97. The lowest BCUT2D eigenvalue weighted by molar-refractivity contribution is 0.264. The molecule has 0 unspecified atom stereocenters. The summed E-state index contributed by atoms with van der Waals surface area (Å²) in [6, 6.07) is 7.16. The monoisotopic (exact) mass is 218 g/mol. The van der Waals surface area contributed by atoms with Crippen molar-refractivity contribution in [2.45, 2.75) is 32.7 Å². The Morgan fingerprint density at radius 2 is 1.88 bits per heavy atom. The maximum atomic E-state index is 3.68. The van der Waals surface area contributed by atoms with Crippen molar-refractivity contribution >= 4 is 5.69 Å². The minimum atomic E-state index is 0.650. The molecule has 2 nitrogen and oxygen atoms in total. The lowest BCUT2D eigenvalue weighted by Gasteiger charge is -2.30. The number of aryl methyl sites for hydroxylation is 1. The Hall–Kier alpha value is -1.02. The van der Waals surface area contributed by atoms with Crippen LogP contribution < -0.4 is 5.32 Å². The average molecular weight is 218 g/mol. The number of likely N-dealkylation sites (tertiary alicyclic amines) is 1. The summed E-state index contributed by atoms with van der Waals surface area (Å²) < 4.78 is 0. The number of hydrogen-bond acceptors (Lipinski definition) is 2. The van der Waals surface area contributed by atoms with Gasteiger partial charge in [0.05, 0.1) is 0 Å². The molecule has 0 radical (unpaired) electrons. The van der Waals surface area contributed by atoms with E-state index in [4.69, 9.17) is 0 Å². The van der Waals surface area contributed by atoms with E-state index in [0.717, 1.165) is 0 Å². The third kappa shape index (κ3) is 2.56. The van der Waals surface area contributed by atoms with Crippen molar-refractivity contribution in [2.24, 2.45) is 0 Å². The molecule has 2 heteroatoms. The van der Waals surface area contributed by atoms with Gasteiger partial charge >= 0.3 is 0 Å². The van der Waals surface area contributed by atoms with E-state index in [1.165, 1.54) is 42.7 Å². The Morgan fingerprint density at radius 3 is 2.56 bits per heavy atom. The van der Waals surface area contributed by atoms with E-state index in [-0.39, 0.29) is 0 Å². The highest BCUT2D eigenvalue weighted by atomic mass is 15.1. The zero-order valence-electron chi connectivity index (χ0n) is 10.6. The Labute approximate surface area is 98.7 Å². The maximum Gasteiger partial charge on any atom is 0.0374 e. The van der Waals surface area contributed by atoms with Crippen LogP contribution in [0.5, 0.6) is 0 Å². The van der Waals surface area contributed by atoms with Crippen molar-refractivity contribution in [3.05, 3.63) is 29.3 Å². The summed E-state index contributed by atoms with van der Waals surface area (Å²) in [4.78, 5) is 2.40. The van der Waals surface area contributed by atoms with Gasteiger partial charge in [-0.1, -0.05) is 12.1 Å². The number of anilines is 1. The molecule has 1 aliphatic rings. The fourth-order valence-electron chi connectivity index (χ4n) is 2.28. The van der Waals surface area contributed by atoms with Crippen LogP contribution in [0.2, 0.25) is 0 Å². The van der Waals surface area contributed by atoms with E-state index in [2.05, 4.69) is 49.3 Å². The molecule has 1 saturated heterocycles. The summed E-state index contributed by atoms with van der Waals surface area (Å²) in [6.45, 7) is 6.80. The number of benzene rings is 1. The van der Waals surface area contributed by atoms with Gasteiger partial charge in [0.15, 0.2) is 0 Å². The predicted octanol–water partition coefficient (Wildman–Crippen LogP) is 2.81. The number of nitrogens with zero attached hydrogens (tertiary/aromatic N) is 1. The molecular weight excluding hydrogens is 196 g/mol. The number of nitrogens with one attached hydrogen (secondary N) is 1. The highest BCUT2D eigenvalue weighted by Gasteiger charge is 2.16. The van der Waals surface area contributed by atoms with Crippen molar-refractivity contribution in [3.8, 4) is 0 Å². The Kier molecular flexibility index (Phi) is 3.49. The summed E-state index contributed by atoms with van der Waals surface area (Å²) in [5, 5.41) is 3.68. The van der Waals surface area contributed by atoms with E-state index in [1.54, 1.807) is 0 Å². The van der Waals surface area contributed by atoms with Gasteiger partial charge in [0.25, 0.3) is 0 Å². The molecule has 0 saturated carbocycles. The third-order valence-corrected chi connectivity index (χ3v) is 3.68. The summed E-state index contributed by atoms with van der Waals surface area (Å²) in [5.74, 6) is 0. The van der Waals surface area contributed by atoms with Crippen LogP contribution in [0.15, 0.2) is 18.2 Å². The van der Waals surface area contributed by atoms with Crippen molar-refractivity contribution in [1.82, 2.24) is 4.90 Å². The molecule has 0 bridgehead atoms. The molecule has 0 spiro atoms. The van der Waals surface area contributed by atoms with Crippen molar-refractivity contribution in [2.75, 3.05) is 25.5 Å². The Balaban J connectivity index is 2.01. The van der Waals surface area contributed by atoms with Gasteiger partial charge in [-0.25, -0.2) is 0 Å². The van der Waals surface area contributed by atoms with Gasteiger partial charge in [-0.15, -0.1) is 0 Å². The maximum absolute atomic E-state index is 3.68. The largest absolute Gasteiger partial charge is 0.382 e. The van der Waals surface area contributed by atoms with Gasteiger partial charge in [-0.05, 0) is 64.0 Å². The van der Waals surface area contributed by atoms with Crippen LogP contribution in [-0.2, 0) is 0 Å². The van der Waals surface area contributed by atoms with Crippen molar-refractivity contribution in [1.29, 1.82) is 0 Å². The molecule has 0 aliphatic carbocycles. The van der Waals surface area contributed by atoms with Gasteiger partial charge in [-0.3, -0.25) is 0 Å². The summed E-state index contributed by atoms with van der Waals surface area (Å²) >= 11 is 0. The van der Waals surface area contributed by atoms with E-state index in [1.807, 2.05) is 0 Å². The Morgan fingerprint density at radius 1 is 1.19 bits per heavy atom. The molecule has 1 fully saturated rings. The zero-order chi connectivity index (χ0) is 11.5. The molecule has 1 heterocycles. The zero-order valence-corrected chi connectivity index (χ0v) is 10.6. The van der Waals surface area contributed by atoms with Gasteiger partial charge in [0, 0.05) is 11.7 Å². The minimum absolute atomic E-state index is 0.650. The summed E-state index contributed by atoms with van der Waals surface area (Å²) in [5.41, 5.74) is 4.08. The second kappa shape index (κ2) is 4.88. The number of piperidine rings is 1. The van der Waals surface area contributed by atoms with Crippen LogP contribution in [0.4, 0.5) is 5.69 Å².